The Labute approximate surface area is 73.8 Å². The SMILES string of the molecule is CCC[C@@H]1[C@H](C=O)[C@@H]2C=C[C@H]1C2. The molecule has 0 amide bonds. The van der Waals surface area contributed by atoms with Gasteiger partial charge in [0, 0.05) is 5.92 Å². The summed E-state index contributed by atoms with van der Waals surface area (Å²) < 4.78 is 0. The van der Waals surface area contributed by atoms with Crippen molar-refractivity contribution in [1.82, 2.24) is 0 Å². The summed E-state index contributed by atoms with van der Waals surface area (Å²) in [5.41, 5.74) is 0. The fourth-order valence-corrected chi connectivity index (χ4v) is 2.90. The zero-order valence-electron chi connectivity index (χ0n) is 7.57. The maximum Gasteiger partial charge on any atom is 0.123 e. The zero-order chi connectivity index (χ0) is 8.55. The fourth-order valence-electron chi connectivity index (χ4n) is 2.90. The molecule has 0 spiro atoms. The van der Waals surface area contributed by atoms with Crippen LogP contribution in [0.15, 0.2) is 12.2 Å². The van der Waals surface area contributed by atoms with Gasteiger partial charge in [0.05, 0.1) is 0 Å². The van der Waals surface area contributed by atoms with Crippen LogP contribution >= 0.6 is 0 Å². The molecule has 12 heavy (non-hydrogen) atoms. The quantitative estimate of drug-likeness (QED) is 0.462. The highest BCUT2D eigenvalue weighted by molar-refractivity contribution is 5.57. The second-order valence-corrected chi connectivity index (χ2v) is 4.11. The number of allylic oxidation sites excluding steroid dienone is 2. The molecule has 0 aliphatic heterocycles. The molecule has 0 radical (unpaired) electrons. The van der Waals surface area contributed by atoms with Crippen molar-refractivity contribution in [1.29, 1.82) is 0 Å². The highest BCUT2D eigenvalue weighted by Gasteiger charge is 2.43. The predicted molar refractivity (Wildman–Crippen MR) is 48.7 cm³/mol. The normalized spacial score (nSPS) is 43.8. The van der Waals surface area contributed by atoms with Crippen LogP contribution in [0, 0.1) is 23.7 Å². The van der Waals surface area contributed by atoms with Gasteiger partial charge in [0.1, 0.15) is 6.29 Å². The molecule has 1 heteroatoms. The molecule has 2 aliphatic carbocycles. The highest BCUT2D eigenvalue weighted by Crippen LogP contribution is 2.48. The molecule has 2 rings (SSSR count). The monoisotopic (exact) mass is 164 g/mol. The van der Waals surface area contributed by atoms with Crippen LogP contribution < -0.4 is 0 Å². The van der Waals surface area contributed by atoms with E-state index in [2.05, 4.69) is 19.1 Å². The summed E-state index contributed by atoms with van der Waals surface area (Å²) in [6.45, 7) is 2.21. The van der Waals surface area contributed by atoms with Crippen molar-refractivity contribution in [3.05, 3.63) is 12.2 Å². The van der Waals surface area contributed by atoms with Gasteiger partial charge in [0.15, 0.2) is 0 Å². The first-order valence-corrected chi connectivity index (χ1v) is 5.00. The summed E-state index contributed by atoms with van der Waals surface area (Å²) >= 11 is 0. The van der Waals surface area contributed by atoms with Crippen LogP contribution in [-0.2, 0) is 4.79 Å². The van der Waals surface area contributed by atoms with Gasteiger partial charge in [0.25, 0.3) is 0 Å². The summed E-state index contributed by atoms with van der Waals surface area (Å²) in [7, 11) is 0. The molecule has 0 saturated heterocycles. The number of aldehydes is 1. The minimum Gasteiger partial charge on any atom is -0.303 e. The van der Waals surface area contributed by atoms with E-state index < -0.39 is 0 Å². The van der Waals surface area contributed by atoms with E-state index in [1.807, 2.05) is 0 Å². The standard InChI is InChI=1S/C11H16O/c1-2-3-10-8-4-5-9(6-8)11(10)7-12/h4-5,7-11H,2-3,6H2,1H3/t8-,9+,10-,11+/m0/s1. The Morgan fingerprint density at radius 2 is 2.17 bits per heavy atom. The minimum absolute atomic E-state index is 0.347. The maximum absolute atomic E-state index is 10.8. The molecule has 0 heterocycles. The number of rotatable bonds is 3. The van der Waals surface area contributed by atoms with Gasteiger partial charge in [-0.15, -0.1) is 0 Å². The van der Waals surface area contributed by atoms with Gasteiger partial charge in [-0.25, -0.2) is 0 Å². The molecule has 0 aromatic carbocycles. The molecule has 4 atom stereocenters. The summed E-state index contributed by atoms with van der Waals surface area (Å²) in [5, 5.41) is 0. The lowest BCUT2D eigenvalue weighted by molar-refractivity contribution is -0.113. The van der Waals surface area contributed by atoms with Crippen LogP contribution in [0.2, 0.25) is 0 Å². The Kier molecular flexibility index (Phi) is 2.03. The van der Waals surface area contributed by atoms with Gasteiger partial charge < -0.3 is 4.79 Å². The van der Waals surface area contributed by atoms with Crippen molar-refractivity contribution in [3.63, 3.8) is 0 Å². The number of hydrogen-bond acceptors (Lipinski definition) is 1. The molecule has 2 aliphatic rings. The lowest BCUT2D eigenvalue weighted by Gasteiger charge is -2.22. The minimum atomic E-state index is 0.347. The molecule has 66 valence electrons. The Bertz CT molecular complexity index is 207. The smallest absolute Gasteiger partial charge is 0.123 e. The first kappa shape index (κ1) is 8.03. The van der Waals surface area contributed by atoms with Crippen LogP contribution in [0.1, 0.15) is 26.2 Å². The first-order valence-electron chi connectivity index (χ1n) is 5.00. The summed E-state index contributed by atoms with van der Waals surface area (Å²) in [6, 6.07) is 0. The molecule has 1 saturated carbocycles. The average molecular weight is 164 g/mol. The van der Waals surface area contributed by atoms with Crippen molar-refractivity contribution in [2.45, 2.75) is 26.2 Å². The molecule has 1 nitrogen and oxygen atoms in total. The summed E-state index contributed by atoms with van der Waals surface area (Å²) in [6.07, 6.45) is 9.45. The van der Waals surface area contributed by atoms with E-state index in [-0.39, 0.29) is 0 Å². The second-order valence-electron chi connectivity index (χ2n) is 4.11. The number of carbonyl (C=O) groups is 1. The van der Waals surface area contributed by atoms with Gasteiger partial charge >= 0.3 is 0 Å². The summed E-state index contributed by atoms with van der Waals surface area (Å²) in [5.74, 6) is 2.33. The topological polar surface area (TPSA) is 17.1 Å². The molecular formula is C11H16O. The van der Waals surface area contributed by atoms with E-state index in [1.54, 1.807) is 0 Å². The number of fused-ring (bicyclic) bond motifs is 2. The second kappa shape index (κ2) is 3.04. The molecule has 0 aromatic heterocycles. The summed E-state index contributed by atoms with van der Waals surface area (Å²) in [4.78, 5) is 10.8. The average Bonchev–Trinajstić information content (AvgIpc) is 2.64. The molecule has 1 fully saturated rings. The lowest BCUT2D eigenvalue weighted by atomic mass is 9.81. The van der Waals surface area contributed by atoms with Crippen molar-refractivity contribution in [2.24, 2.45) is 23.7 Å². The first-order chi connectivity index (χ1) is 5.86. The van der Waals surface area contributed by atoms with Crippen LogP contribution in [0.3, 0.4) is 0 Å². The third-order valence-corrected chi connectivity index (χ3v) is 3.47. The molecular weight excluding hydrogens is 148 g/mol. The molecule has 0 N–H and O–H groups in total. The van der Waals surface area contributed by atoms with Crippen molar-refractivity contribution < 1.29 is 4.79 Å². The number of hydrogen-bond donors (Lipinski definition) is 0. The van der Waals surface area contributed by atoms with Gasteiger partial charge in [-0.2, -0.15) is 0 Å². The maximum atomic E-state index is 10.8. The molecule has 0 unspecified atom stereocenters. The van der Waals surface area contributed by atoms with Crippen molar-refractivity contribution in [2.75, 3.05) is 0 Å². The van der Waals surface area contributed by atoms with E-state index in [0.29, 0.717) is 17.8 Å². The molecule has 0 aromatic rings. The Morgan fingerprint density at radius 3 is 2.83 bits per heavy atom. The van der Waals surface area contributed by atoms with Crippen LogP contribution in [0.4, 0.5) is 0 Å². The fraction of sp³-hybridized carbons (Fsp3) is 0.727. The largest absolute Gasteiger partial charge is 0.303 e. The van der Waals surface area contributed by atoms with Crippen LogP contribution in [0.25, 0.3) is 0 Å². The predicted octanol–water partition coefficient (Wildman–Crippen LogP) is 2.42. The molecule has 2 bridgehead atoms. The Balaban J connectivity index is 2.11. The van der Waals surface area contributed by atoms with E-state index in [1.165, 1.54) is 25.5 Å². The van der Waals surface area contributed by atoms with E-state index in [9.17, 15) is 4.79 Å². The van der Waals surface area contributed by atoms with Crippen LogP contribution in [0.5, 0.6) is 0 Å². The van der Waals surface area contributed by atoms with E-state index in [0.717, 1.165) is 5.92 Å². The third kappa shape index (κ3) is 1.03. The van der Waals surface area contributed by atoms with Crippen molar-refractivity contribution >= 4 is 6.29 Å². The third-order valence-electron chi connectivity index (χ3n) is 3.47. The van der Waals surface area contributed by atoms with E-state index >= 15 is 0 Å². The Morgan fingerprint density at radius 1 is 1.42 bits per heavy atom. The van der Waals surface area contributed by atoms with Crippen LogP contribution in [-0.4, -0.2) is 6.29 Å². The zero-order valence-corrected chi connectivity index (χ0v) is 7.57. The lowest BCUT2D eigenvalue weighted by Crippen LogP contribution is -2.20. The van der Waals surface area contributed by atoms with Gasteiger partial charge in [-0.3, -0.25) is 0 Å². The van der Waals surface area contributed by atoms with Crippen molar-refractivity contribution in [3.8, 4) is 0 Å². The van der Waals surface area contributed by atoms with Gasteiger partial charge in [0.2, 0.25) is 0 Å². The Hall–Kier alpha value is -0.590. The van der Waals surface area contributed by atoms with E-state index in [4.69, 9.17) is 0 Å². The highest BCUT2D eigenvalue weighted by atomic mass is 16.1. The van der Waals surface area contributed by atoms with Gasteiger partial charge in [-0.1, -0.05) is 25.5 Å². The number of carbonyl (C=O) groups excluding carboxylic acids is 1. The van der Waals surface area contributed by atoms with Gasteiger partial charge in [-0.05, 0) is 30.6 Å².